The fraction of sp³-hybridized carbons (Fsp3) is 0.364. The second-order valence-electron chi connectivity index (χ2n) is 7.03. The van der Waals surface area contributed by atoms with E-state index in [4.69, 9.17) is 18.9 Å². The number of amides is 2. The van der Waals surface area contributed by atoms with Gasteiger partial charge in [0.15, 0.2) is 23.0 Å². The Kier molecular flexibility index (Phi) is 6.66. The van der Waals surface area contributed by atoms with Crippen molar-refractivity contribution in [1.29, 1.82) is 0 Å². The monoisotopic (exact) mass is 414 g/mol. The Balaban J connectivity index is 0.000000171. The SMILES string of the molecule is CNC(=O)Oc1cccc2c1OC(C)C2.CNC(=O)Oc1cccc2c1OC(C)C2. The summed E-state index contributed by atoms with van der Waals surface area (Å²) >= 11 is 0. The quantitative estimate of drug-likeness (QED) is 0.782. The molecule has 0 aliphatic carbocycles. The van der Waals surface area contributed by atoms with E-state index < -0.39 is 12.2 Å². The maximum absolute atomic E-state index is 11.1. The first-order valence-corrected chi connectivity index (χ1v) is 9.77. The van der Waals surface area contributed by atoms with Crippen molar-refractivity contribution in [3.8, 4) is 23.0 Å². The third kappa shape index (κ3) is 4.94. The molecular weight excluding hydrogens is 388 g/mol. The number of fused-ring (bicyclic) bond motifs is 2. The summed E-state index contributed by atoms with van der Waals surface area (Å²) in [5.74, 6) is 2.34. The van der Waals surface area contributed by atoms with Crippen molar-refractivity contribution in [1.82, 2.24) is 10.6 Å². The van der Waals surface area contributed by atoms with E-state index in [1.807, 2.05) is 38.1 Å². The third-order valence-electron chi connectivity index (χ3n) is 4.59. The van der Waals surface area contributed by atoms with Gasteiger partial charge >= 0.3 is 12.2 Å². The molecule has 4 rings (SSSR count). The molecule has 160 valence electrons. The average Bonchev–Trinajstić information content (AvgIpc) is 3.30. The molecule has 2 unspecified atom stereocenters. The van der Waals surface area contributed by atoms with Crippen molar-refractivity contribution in [2.24, 2.45) is 0 Å². The van der Waals surface area contributed by atoms with Gasteiger partial charge in [0.25, 0.3) is 0 Å². The molecule has 0 fully saturated rings. The number of rotatable bonds is 2. The van der Waals surface area contributed by atoms with Gasteiger partial charge in [-0.25, -0.2) is 9.59 Å². The van der Waals surface area contributed by atoms with E-state index in [0.29, 0.717) is 23.0 Å². The Bertz CT molecular complexity index is 854. The van der Waals surface area contributed by atoms with Crippen LogP contribution < -0.4 is 29.6 Å². The van der Waals surface area contributed by atoms with Crippen LogP contribution in [-0.2, 0) is 12.8 Å². The molecule has 2 aromatic carbocycles. The van der Waals surface area contributed by atoms with Crippen molar-refractivity contribution < 1.29 is 28.5 Å². The molecule has 2 atom stereocenters. The van der Waals surface area contributed by atoms with E-state index in [0.717, 1.165) is 24.0 Å². The van der Waals surface area contributed by atoms with E-state index in [1.165, 1.54) is 14.1 Å². The molecule has 0 spiro atoms. The molecule has 0 saturated carbocycles. The predicted molar refractivity (Wildman–Crippen MR) is 111 cm³/mol. The molecule has 2 aliphatic rings. The van der Waals surface area contributed by atoms with Gasteiger partial charge < -0.3 is 29.6 Å². The standard InChI is InChI=1S/2C11H13NO3/c2*1-7-6-8-4-3-5-9(10(8)14-7)15-11(13)12-2/h2*3-5,7H,6H2,1-2H3,(H,12,13). The summed E-state index contributed by atoms with van der Waals surface area (Å²) in [6, 6.07) is 11.1. The first kappa shape index (κ1) is 21.3. The Hall–Kier alpha value is -3.42. The molecule has 2 amide bonds. The maximum Gasteiger partial charge on any atom is 0.412 e. The van der Waals surface area contributed by atoms with Gasteiger partial charge in [-0.3, -0.25) is 0 Å². The zero-order valence-corrected chi connectivity index (χ0v) is 17.5. The smallest absolute Gasteiger partial charge is 0.412 e. The van der Waals surface area contributed by atoms with Crippen LogP contribution in [0.1, 0.15) is 25.0 Å². The molecule has 2 heterocycles. The van der Waals surface area contributed by atoms with E-state index in [2.05, 4.69) is 10.6 Å². The van der Waals surface area contributed by atoms with Gasteiger partial charge in [-0.1, -0.05) is 24.3 Å². The number of ether oxygens (including phenoxy) is 4. The molecule has 8 heteroatoms. The molecular formula is C22H26N2O6. The summed E-state index contributed by atoms with van der Waals surface area (Å²) in [6.45, 7) is 3.98. The lowest BCUT2D eigenvalue weighted by Gasteiger charge is -2.08. The number of nitrogens with one attached hydrogen (secondary N) is 2. The van der Waals surface area contributed by atoms with Crippen molar-refractivity contribution >= 4 is 12.2 Å². The second-order valence-corrected chi connectivity index (χ2v) is 7.03. The number of benzene rings is 2. The van der Waals surface area contributed by atoms with Crippen LogP contribution in [0.2, 0.25) is 0 Å². The first-order valence-electron chi connectivity index (χ1n) is 9.77. The molecule has 0 bridgehead atoms. The topological polar surface area (TPSA) is 95.1 Å². The lowest BCUT2D eigenvalue weighted by atomic mass is 10.1. The Morgan fingerprint density at radius 1 is 0.800 bits per heavy atom. The number of hydrogen-bond donors (Lipinski definition) is 2. The normalized spacial score (nSPS) is 17.9. The zero-order valence-electron chi connectivity index (χ0n) is 17.5. The highest BCUT2D eigenvalue weighted by Crippen LogP contribution is 2.38. The highest BCUT2D eigenvalue weighted by molar-refractivity contribution is 5.72. The van der Waals surface area contributed by atoms with Crippen molar-refractivity contribution in [2.75, 3.05) is 14.1 Å². The van der Waals surface area contributed by atoms with E-state index >= 15 is 0 Å². The molecule has 0 aromatic heterocycles. The summed E-state index contributed by atoms with van der Waals surface area (Å²) in [5, 5.41) is 4.80. The lowest BCUT2D eigenvalue weighted by molar-refractivity contribution is 0.196. The van der Waals surface area contributed by atoms with Gasteiger partial charge in [0.1, 0.15) is 12.2 Å². The fourth-order valence-corrected chi connectivity index (χ4v) is 3.28. The number of hydrogen-bond acceptors (Lipinski definition) is 6. The van der Waals surface area contributed by atoms with Gasteiger partial charge in [0, 0.05) is 38.1 Å². The van der Waals surface area contributed by atoms with Crippen LogP contribution >= 0.6 is 0 Å². The van der Waals surface area contributed by atoms with Crippen molar-refractivity contribution in [2.45, 2.75) is 38.9 Å². The maximum atomic E-state index is 11.1. The summed E-state index contributed by atoms with van der Waals surface area (Å²) in [5.41, 5.74) is 2.17. The lowest BCUT2D eigenvalue weighted by Crippen LogP contribution is -2.22. The van der Waals surface area contributed by atoms with E-state index in [-0.39, 0.29) is 12.2 Å². The highest BCUT2D eigenvalue weighted by atomic mass is 16.6. The molecule has 2 aliphatic heterocycles. The van der Waals surface area contributed by atoms with Crippen LogP contribution in [-0.4, -0.2) is 38.5 Å². The number of carbonyl (C=O) groups excluding carboxylic acids is 2. The molecule has 2 N–H and O–H groups in total. The van der Waals surface area contributed by atoms with Crippen LogP contribution in [0.4, 0.5) is 9.59 Å². The predicted octanol–water partition coefficient (Wildman–Crippen LogP) is 3.46. The minimum atomic E-state index is -0.480. The minimum absolute atomic E-state index is 0.148. The van der Waals surface area contributed by atoms with Crippen LogP contribution in [0.5, 0.6) is 23.0 Å². The second kappa shape index (κ2) is 9.39. The van der Waals surface area contributed by atoms with Crippen LogP contribution in [0.15, 0.2) is 36.4 Å². The summed E-state index contributed by atoms with van der Waals surface area (Å²) < 4.78 is 21.3. The molecule has 0 radical (unpaired) electrons. The largest absolute Gasteiger partial charge is 0.486 e. The van der Waals surface area contributed by atoms with Crippen LogP contribution in [0, 0.1) is 0 Å². The number of carbonyl (C=O) groups is 2. The van der Waals surface area contributed by atoms with Gasteiger partial charge in [-0.05, 0) is 26.0 Å². The first-order chi connectivity index (χ1) is 14.4. The minimum Gasteiger partial charge on any atom is -0.486 e. The summed E-state index contributed by atoms with van der Waals surface area (Å²) in [7, 11) is 3.05. The Morgan fingerprint density at radius 2 is 1.20 bits per heavy atom. The van der Waals surface area contributed by atoms with Crippen molar-refractivity contribution in [3.05, 3.63) is 47.5 Å². The van der Waals surface area contributed by atoms with E-state index in [1.54, 1.807) is 12.1 Å². The summed E-state index contributed by atoms with van der Waals surface area (Å²) in [4.78, 5) is 22.1. The van der Waals surface area contributed by atoms with E-state index in [9.17, 15) is 9.59 Å². The molecule has 0 saturated heterocycles. The van der Waals surface area contributed by atoms with Crippen LogP contribution in [0.25, 0.3) is 0 Å². The molecule has 8 nitrogen and oxygen atoms in total. The van der Waals surface area contributed by atoms with Gasteiger partial charge in [0.2, 0.25) is 0 Å². The average molecular weight is 414 g/mol. The fourth-order valence-electron chi connectivity index (χ4n) is 3.28. The number of para-hydroxylation sites is 2. The van der Waals surface area contributed by atoms with Gasteiger partial charge in [-0.2, -0.15) is 0 Å². The Labute approximate surface area is 175 Å². The summed E-state index contributed by atoms with van der Waals surface area (Å²) in [6.07, 6.45) is 1.06. The Morgan fingerprint density at radius 3 is 1.57 bits per heavy atom. The van der Waals surface area contributed by atoms with Crippen molar-refractivity contribution in [3.63, 3.8) is 0 Å². The highest BCUT2D eigenvalue weighted by Gasteiger charge is 2.24. The van der Waals surface area contributed by atoms with Gasteiger partial charge in [0.05, 0.1) is 0 Å². The van der Waals surface area contributed by atoms with Gasteiger partial charge in [-0.15, -0.1) is 0 Å². The van der Waals surface area contributed by atoms with Crippen LogP contribution in [0.3, 0.4) is 0 Å². The molecule has 2 aromatic rings. The molecule has 30 heavy (non-hydrogen) atoms. The zero-order chi connectivity index (χ0) is 21.7. The third-order valence-corrected chi connectivity index (χ3v) is 4.59.